The Morgan fingerprint density at radius 3 is 3.00 bits per heavy atom. The second kappa shape index (κ2) is 5.99. The first kappa shape index (κ1) is 15.6. The number of aryl methyl sites for hydroxylation is 2. The summed E-state index contributed by atoms with van der Waals surface area (Å²) in [5.41, 5.74) is 4.14. The molecule has 1 aliphatic heterocycles. The Bertz CT molecular complexity index is 1130. The normalized spacial score (nSPS) is 13.8. The lowest BCUT2D eigenvalue weighted by Crippen LogP contribution is -2.01. The van der Waals surface area contributed by atoms with Crippen molar-refractivity contribution in [1.29, 1.82) is 0 Å². The fraction of sp³-hybridized carbons (Fsp3) is 0.300. The second-order valence-corrected chi connectivity index (χ2v) is 7.66. The molecule has 0 saturated heterocycles. The SMILES string of the molecule is CCOc1cc2c3c(c1)nc(-c1ccc4nc(C)sc4c1)n3CCCO2. The van der Waals surface area contributed by atoms with E-state index in [2.05, 4.69) is 27.8 Å². The van der Waals surface area contributed by atoms with Crippen molar-refractivity contribution in [2.45, 2.75) is 26.8 Å². The lowest BCUT2D eigenvalue weighted by atomic mass is 10.2. The smallest absolute Gasteiger partial charge is 0.148 e. The average Bonchev–Trinajstić information content (AvgIpc) is 3.09. The molecule has 132 valence electrons. The Morgan fingerprint density at radius 2 is 2.12 bits per heavy atom. The largest absolute Gasteiger partial charge is 0.494 e. The maximum atomic E-state index is 5.98. The lowest BCUT2D eigenvalue weighted by molar-refractivity contribution is 0.309. The van der Waals surface area contributed by atoms with E-state index in [9.17, 15) is 0 Å². The number of benzene rings is 2. The van der Waals surface area contributed by atoms with Crippen molar-refractivity contribution in [2.24, 2.45) is 0 Å². The van der Waals surface area contributed by atoms with E-state index in [0.717, 1.165) is 57.4 Å². The highest BCUT2D eigenvalue weighted by Gasteiger charge is 2.20. The van der Waals surface area contributed by atoms with Crippen molar-refractivity contribution in [1.82, 2.24) is 14.5 Å². The minimum absolute atomic E-state index is 0.625. The molecular weight excluding hydrogens is 346 g/mol. The Hall–Kier alpha value is -2.60. The predicted molar refractivity (Wildman–Crippen MR) is 104 cm³/mol. The van der Waals surface area contributed by atoms with Gasteiger partial charge in [-0.3, -0.25) is 0 Å². The summed E-state index contributed by atoms with van der Waals surface area (Å²) in [5, 5.41) is 1.08. The van der Waals surface area contributed by atoms with Gasteiger partial charge >= 0.3 is 0 Å². The molecule has 0 radical (unpaired) electrons. The van der Waals surface area contributed by atoms with Crippen LogP contribution in [0, 0.1) is 6.92 Å². The van der Waals surface area contributed by atoms with E-state index in [1.165, 1.54) is 4.70 Å². The molecule has 0 fully saturated rings. The summed E-state index contributed by atoms with van der Waals surface area (Å²) in [5.74, 6) is 2.65. The number of hydrogen-bond acceptors (Lipinski definition) is 5. The molecule has 26 heavy (non-hydrogen) atoms. The maximum Gasteiger partial charge on any atom is 0.148 e. The fourth-order valence-corrected chi connectivity index (χ4v) is 4.45. The van der Waals surface area contributed by atoms with Crippen molar-refractivity contribution >= 4 is 32.6 Å². The maximum absolute atomic E-state index is 5.98. The first-order valence-corrected chi connectivity index (χ1v) is 9.72. The van der Waals surface area contributed by atoms with E-state index in [-0.39, 0.29) is 0 Å². The molecule has 0 bridgehead atoms. The van der Waals surface area contributed by atoms with Crippen LogP contribution >= 0.6 is 11.3 Å². The third-order valence-corrected chi connectivity index (χ3v) is 5.56. The number of imidazole rings is 1. The van der Waals surface area contributed by atoms with Crippen LogP contribution in [0.4, 0.5) is 0 Å². The summed E-state index contributed by atoms with van der Waals surface area (Å²) in [6, 6.07) is 10.4. The standard InChI is InChI=1S/C20H19N3O2S/c1-3-24-14-10-16-19-17(11-14)25-8-4-7-23(19)20(22-16)13-5-6-15-18(9-13)26-12(2)21-15/h5-6,9-11H,3-4,7-8H2,1-2H3. The van der Waals surface area contributed by atoms with E-state index in [4.69, 9.17) is 14.5 Å². The minimum atomic E-state index is 0.625. The zero-order valence-corrected chi connectivity index (χ0v) is 15.6. The van der Waals surface area contributed by atoms with Gasteiger partial charge in [0, 0.05) is 24.2 Å². The molecule has 0 aliphatic carbocycles. The van der Waals surface area contributed by atoms with Crippen molar-refractivity contribution in [3.05, 3.63) is 35.3 Å². The number of hydrogen-bond donors (Lipinski definition) is 0. The quantitative estimate of drug-likeness (QED) is 0.523. The highest BCUT2D eigenvalue weighted by molar-refractivity contribution is 7.18. The van der Waals surface area contributed by atoms with Crippen LogP contribution in [0.5, 0.6) is 11.5 Å². The van der Waals surface area contributed by atoms with Crippen LogP contribution in [0.1, 0.15) is 18.4 Å². The van der Waals surface area contributed by atoms with E-state index in [1.807, 2.05) is 26.0 Å². The van der Waals surface area contributed by atoms with E-state index in [1.54, 1.807) is 11.3 Å². The van der Waals surface area contributed by atoms with Crippen molar-refractivity contribution in [2.75, 3.05) is 13.2 Å². The Labute approximate surface area is 155 Å². The van der Waals surface area contributed by atoms with Crippen LogP contribution in [0.2, 0.25) is 0 Å². The second-order valence-electron chi connectivity index (χ2n) is 6.43. The third kappa shape index (κ3) is 2.44. The van der Waals surface area contributed by atoms with Crippen LogP contribution in [0.15, 0.2) is 30.3 Å². The highest BCUT2D eigenvalue weighted by Crippen LogP contribution is 2.37. The van der Waals surface area contributed by atoms with E-state index < -0.39 is 0 Å². The molecule has 3 heterocycles. The number of ether oxygens (including phenoxy) is 2. The molecule has 1 aliphatic rings. The van der Waals surface area contributed by atoms with Gasteiger partial charge in [0.15, 0.2) is 0 Å². The van der Waals surface area contributed by atoms with Crippen LogP contribution in [-0.2, 0) is 6.54 Å². The average molecular weight is 365 g/mol. The first-order valence-electron chi connectivity index (χ1n) is 8.90. The summed E-state index contributed by atoms with van der Waals surface area (Å²) in [6.07, 6.45) is 0.957. The molecule has 0 amide bonds. The molecule has 5 nitrogen and oxygen atoms in total. The molecule has 0 spiro atoms. The van der Waals surface area contributed by atoms with Gasteiger partial charge in [-0.1, -0.05) is 0 Å². The molecule has 5 rings (SSSR count). The molecule has 2 aromatic heterocycles. The number of nitrogens with zero attached hydrogens (tertiary/aromatic N) is 3. The summed E-state index contributed by atoms with van der Waals surface area (Å²) in [4.78, 5) is 9.50. The van der Waals surface area contributed by atoms with Gasteiger partial charge in [-0.05, 0) is 38.5 Å². The third-order valence-electron chi connectivity index (χ3n) is 4.63. The highest BCUT2D eigenvalue weighted by atomic mass is 32.1. The van der Waals surface area contributed by atoms with E-state index in [0.29, 0.717) is 13.2 Å². The number of thiazole rings is 1. The molecule has 4 aromatic rings. The fourth-order valence-electron chi connectivity index (χ4n) is 3.59. The van der Waals surface area contributed by atoms with Gasteiger partial charge in [0.1, 0.15) is 22.8 Å². The first-order chi connectivity index (χ1) is 12.7. The monoisotopic (exact) mass is 365 g/mol. The summed E-state index contributed by atoms with van der Waals surface area (Å²) >= 11 is 1.72. The predicted octanol–water partition coefficient (Wildman–Crippen LogP) is 4.80. The summed E-state index contributed by atoms with van der Waals surface area (Å²) in [6.45, 7) is 6.26. The van der Waals surface area contributed by atoms with Crippen molar-refractivity contribution in [3.8, 4) is 22.9 Å². The van der Waals surface area contributed by atoms with Crippen LogP contribution in [0.25, 0.3) is 32.6 Å². The molecule has 0 unspecified atom stereocenters. The molecule has 0 N–H and O–H groups in total. The Morgan fingerprint density at radius 1 is 1.19 bits per heavy atom. The summed E-state index contributed by atoms with van der Waals surface area (Å²) < 4.78 is 15.2. The van der Waals surface area contributed by atoms with Crippen LogP contribution in [-0.4, -0.2) is 27.7 Å². The Kier molecular flexibility index (Phi) is 3.60. The summed E-state index contributed by atoms with van der Waals surface area (Å²) in [7, 11) is 0. The molecule has 0 saturated carbocycles. The molecule has 2 aromatic carbocycles. The minimum Gasteiger partial charge on any atom is -0.494 e. The van der Waals surface area contributed by atoms with Gasteiger partial charge in [-0.2, -0.15) is 0 Å². The van der Waals surface area contributed by atoms with Crippen LogP contribution < -0.4 is 9.47 Å². The number of fused-ring (bicyclic) bond motifs is 1. The van der Waals surface area contributed by atoms with Crippen molar-refractivity contribution in [3.63, 3.8) is 0 Å². The topological polar surface area (TPSA) is 49.2 Å². The zero-order chi connectivity index (χ0) is 17.7. The number of aromatic nitrogens is 3. The van der Waals surface area contributed by atoms with Gasteiger partial charge in [0.2, 0.25) is 0 Å². The zero-order valence-electron chi connectivity index (χ0n) is 14.8. The van der Waals surface area contributed by atoms with E-state index >= 15 is 0 Å². The molecule has 6 heteroatoms. The van der Waals surface area contributed by atoms with Crippen molar-refractivity contribution < 1.29 is 9.47 Å². The number of rotatable bonds is 3. The molecule has 0 atom stereocenters. The Balaban J connectivity index is 1.74. The van der Waals surface area contributed by atoms with Gasteiger partial charge < -0.3 is 14.0 Å². The van der Waals surface area contributed by atoms with Crippen LogP contribution in [0.3, 0.4) is 0 Å². The lowest BCUT2D eigenvalue weighted by Gasteiger charge is -2.08. The van der Waals surface area contributed by atoms with Gasteiger partial charge in [0.25, 0.3) is 0 Å². The molecular formula is C20H19N3O2S. The van der Waals surface area contributed by atoms with Gasteiger partial charge in [-0.15, -0.1) is 11.3 Å². The van der Waals surface area contributed by atoms with Gasteiger partial charge in [-0.25, -0.2) is 9.97 Å². The van der Waals surface area contributed by atoms with Gasteiger partial charge in [0.05, 0.1) is 34.0 Å².